The van der Waals surface area contributed by atoms with Crippen molar-refractivity contribution in [3.05, 3.63) is 45.3 Å². The van der Waals surface area contributed by atoms with Gasteiger partial charge in [0, 0.05) is 29.8 Å². The van der Waals surface area contributed by atoms with Gasteiger partial charge >= 0.3 is 6.09 Å². The summed E-state index contributed by atoms with van der Waals surface area (Å²) in [7, 11) is 1.66. The quantitative estimate of drug-likeness (QED) is 0.314. The number of allylic oxidation sites excluding steroid dienone is 1. The summed E-state index contributed by atoms with van der Waals surface area (Å²) >= 11 is 1.60. The zero-order chi connectivity index (χ0) is 27.4. The van der Waals surface area contributed by atoms with Crippen LogP contribution in [0.4, 0.5) is 4.79 Å². The molecule has 9 nitrogen and oxygen atoms in total. The van der Waals surface area contributed by atoms with Crippen molar-refractivity contribution in [2.45, 2.75) is 53.2 Å². The van der Waals surface area contributed by atoms with Crippen LogP contribution in [-0.4, -0.2) is 48.0 Å². The van der Waals surface area contributed by atoms with E-state index in [-0.39, 0.29) is 12.5 Å². The van der Waals surface area contributed by atoms with E-state index in [0.29, 0.717) is 42.2 Å². The Morgan fingerprint density at radius 1 is 1.24 bits per heavy atom. The largest absolute Gasteiger partial charge is 0.495 e. The first-order valence-corrected chi connectivity index (χ1v) is 13.4. The number of benzene rings is 1. The summed E-state index contributed by atoms with van der Waals surface area (Å²) in [5, 5.41) is 17.1. The number of methoxy groups -OCH3 is 1. The third kappa shape index (κ3) is 6.02. The number of aromatic nitrogens is 2. The van der Waals surface area contributed by atoms with Gasteiger partial charge in [-0.15, -0.1) is 0 Å². The molecule has 0 spiro atoms. The fourth-order valence-corrected chi connectivity index (χ4v) is 4.89. The predicted octanol–water partition coefficient (Wildman–Crippen LogP) is 5.77. The van der Waals surface area contributed by atoms with Crippen molar-refractivity contribution in [3.63, 3.8) is 0 Å². The molecule has 3 aromatic rings. The molecule has 0 radical (unpaired) electrons. The molecule has 202 valence electrons. The SMILES string of the molecule is COc1c(C=C(C)C)cc2c(c1-c1ccsc1)OCc1c-2n[nH]c1C(=O)NCCCNC(=O)OC(C)(C)C. The van der Waals surface area contributed by atoms with Crippen molar-refractivity contribution < 1.29 is 23.8 Å². The first kappa shape index (κ1) is 27.3. The van der Waals surface area contributed by atoms with Gasteiger partial charge in [0.2, 0.25) is 0 Å². The Balaban J connectivity index is 1.55. The molecule has 0 aliphatic carbocycles. The molecule has 0 atom stereocenters. The molecule has 3 heterocycles. The van der Waals surface area contributed by atoms with Crippen molar-refractivity contribution in [1.29, 1.82) is 0 Å². The predicted molar refractivity (Wildman–Crippen MR) is 149 cm³/mol. The Morgan fingerprint density at radius 2 is 2.00 bits per heavy atom. The number of hydrogen-bond donors (Lipinski definition) is 3. The lowest BCUT2D eigenvalue weighted by Gasteiger charge is -2.24. The maximum atomic E-state index is 13.0. The molecule has 0 fully saturated rings. The summed E-state index contributed by atoms with van der Waals surface area (Å²) in [5.74, 6) is 1.14. The van der Waals surface area contributed by atoms with Crippen LogP contribution in [0, 0.1) is 0 Å². The number of nitrogens with one attached hydrogen (secondary N) is 3. The smallest absolute Gasteiger partial charge is 0.407 e. The van der Waals surface area contributed by atoms with E-state index in [1.165, 1.54) is 0 Å². The Kier molecular flexibility index (Phi) is 8.11. The number of fused-ring (bicyclic) bond motifs is 3. The number of amides is 2. The van der Waals surface area contributed by atoms with Crippen LogP contribution in [-0.2, 0) is 11.3 Å². The monoisotopic (exact) mass is 538 g/mol. The second-order valence-electron chi connectivity index (χ2n) is 10.2. The summed E-state index contributed by atoms with van der Waals surface area (Å²) < 4.78 is 17.3. The first-order chi connectivity index (χ1) is 18.1. The molecular weight excluding hydrogens is 504 g/mol. The van der Waals surface area contributed by atoms with Crippen molar-refractivity contribution in [3.8, 4) is 33.9 Å². The number of nitrogens with zero attached hydrogens (tertiary/aromatic N) is 1. The molecule has 2 aromatic heterocycles. The number of rotatable bonds is 8. The van der Waals surface area contributed by atoms with E-state index in [4.69, 9.17) is 14.2 Å². The van der Waals surface area contributed by atoms with Gasteiger partial charge in [-0.3, -0.25) is 9.89 Å². The van der Waals surface area contributed by atoms with Crippen molar-refractivity contribution in [2.24, 2.45) is 0 Å². The van der Waals surface area contributed by atoms with Crippen LogP contribution >= 0.6 is 11.3 Å². The normalized spacial score (nSPS) is 12.1. The van der Waals surface area contributed by atoms with Crippen LogP contribution < -0.4 is 20.1 Å². The van der Waals surface area contributed by atoms with Crippen molar-refractivity contribution >= 4 is 29.4 Å². The van der Waals surface area contributed by atoms with Gasteiger partial charge in [-0.05, 0) is 69.5 Å². The Morgan fingerprint density at radius 3 is 2.66 bits per heavy atom. The van der Waals surface area contributed by atoms with Crippen LogP contribution in [0.25, 0.3) is 28.5 Å². The van der Waals surface area contributed by atoms with E-state index in [1.54, 1.807) is 18.4 Å². The maximum Gasteiger partial charge on any atom is 0.407 e. The molecule has 10 heteroatoms. The zero-order valence-electron chi connectivity index (χ0n) is 22.6. The molecule has 0 saturated heterocycles. The number of ether oxygens (including phenoxy) is 3. The third-order valence-electron chi connectivity index (χ3n) is 5.74. The molecule has 4 rings (SSSR count). The molecule has 3 N–H and O–H groups in total. The molecule has 1 aromatic carbocycles. The van der Waals surface area contributed by atoms with Crippen LogP contribution in [0.3, 0.4) is 0 Å². The third-order valence-corrected chi connectivity index (χ3v) is 6.42. The Bertz CT molecular complexity index is 1350. The summed E-state index contributed by atoms with van der Waals surface area (Å²) in [5.41, 5.74) is 5.91. The number of hydrogen-bond acceptors (Lipinski definition) is 7. The number of aromatic amines is 1. The summed E-state index contributed by atoms with van der Waals surface area (Å²) in [6.07, 6.45) is 2.14. The zero-order valence-corrected chi connectivity index (χ0v) is 23.4. The van der Waals surface area contributed by atoms with Crippen molar-refractivity contribution in [2.75, 3.05) is 20.2 Å². The molecule has 1 aliphatic heterocycles. The Labute approximate surface area is 226 Å². The fraction of sp³-hybridized carbons (Fsp3) is 0.393. The minimum absolute atomic E-state index is 0.198. The lowest BCUT2D eigenvalue weighted by molar-refractivity contribution is 0.0527. The number of carbonyl (C=O) groups is 2. The molecule has 1 aliphatic rings. The highest BCUT2D eigenvalue weighted by Gasteiger charge is 2.31. The van der Waals surface area contributed by atoms with Gasteiger partial charge in [-0.1, -0.05) is 11.6 Å². The lowest BCUT2D eigenvalue weighted by atomic mass is 9.92. The van der Waals surface area contributed by atoms with Crippen LogP contribution in [0.5, 0.6) is 11.5 Å². The van der Waals surface area contributed by atoms with Gasteiger partial charge < -0.3 is 24.8 Å². The summed E-state index contributed by atoms with van der Waals surface area (Å²) in [6, 6.07) is 4.04. The number of alkyl carbamates (subject to hydrolysis) is 1. The lowest BCUT2D eigenvalue weighted by Crippen LogP contribution is -2.34. The van der Waals surface area contributed by atoms with E-state index in [9.17, 15) is 9.59 Å². The average molecular weight is 539 g/mol. The van der Waals surface area contributed by atoms with Gasteiger partial charge in [0.15, 0.2) is 0 Å². The minimum Gasteiger partial charge on any atom is -0.495 e. The van der Waals surface area contributed by atoms with Crippen molar-refractivity contribution in [1.82, 2.24) is 20.8 Å². The van der Waals surface area contributed by atoms with Crippen LogP contribution in [0.2, 0.25) is 0 Å². The van der Waals surface area contributed by atoms with E-state index >= 15 is 0 Å². The molecule has 0 saturated carbocycles. The van der Waals surface area contributed by atoms with Gasteiger partial charge in [-0.2, -0.15) is 16.4 Å². The molecule has 38 heavy (non-hydrogen) atoms. The standard InChI is InChI=1S/C28H34N4O5S/c1-16(2)12-18-13-19-22-20(14-36-25(19)21(24(18)35-6)17-8-11-38-15-17)23(32-31-22)26(33)29-9-7-10-30-27(34)37-28(3,4)5/h8,11-13,15H,7,9-10,14H2,1-6H3,(H,29,33)(H,30,34)(H,31,32). The fourth-order valence-electron chi connectivity index (χ4n) is 4.25. The van der Waals surface area contributed by atoms with E-state index in [2.05, 4.69) is 32.3 Å². The average Bonchev–Trinajstić information content (AvgIpc) is 3.51. The van der Waals surface area contributed by atoms with Gasteiger partial charge in [0.25, 0.3) is 5.91 Å². The van der Waals surface area contributed by atoms with Crippen LogP contribution in [0.15, 0.2) is 28.5 Å². The van der Waals surface area contributed by atoms with Gasteiger partial charge in [0.1, 0.15) is 35.1 Å². The number of H-pyrrole nitrogens is 1. The topological polar surface area (TPSA) is 115 Å². The molecule has 2 amide bonds. The highest BCUT2D eigenvalue weighted by Crippen LogP contribution is 2.50. The van der Waals surface area contributed by atoms with E-state index in [1.807, 2.05) is 52.1 Å². The van der Waals surface area contributed by atoms with Gasteiger partial charge in [0.05, 0.1) is 12.7 Å². The second-order valence-corrected chi connectivity index (χ2v) is 11.0. The second kappa shape index (κ2) is 11.3. The first-order valence-electron chi connectivity index (χ1n) is 12.5. The van der Waals surface area contributed by atoms with E-state index in [0.717, 1.165) is 33.6 Å². The highest BCUT2D eigenvalue weighted by atomic mass is 32.1. The molecule has 0 unspecified atom stereocenters. The minimum atomic E-state index is -0.555. The van der Waals surface area contributed by atoms with Crippen LogP contribution in [0.1, 0.15) is 62.7 Å². The summed E-state index contributed by atoms with van der Waals surface area (Å²) in [4.78, 5) is 24.7. The Hall–Kier alpha value is -3.79. The maximum absolute atomic E-state index is 13.0. The number of thiophene rings is 1. The number of carbonyl (C=O) groups excluding carboxylic acids is 2. The van der Waals surface area contributed by atoms with Gasteiger partial charge in [-0.25, -0.2) is 4.79 Å². The highest BCUT2D eigenvalue weighted by molar-refractivity contribution is 7.08. The molecular formula is C28H34N4O5S. The molecule has 0 bridgehead atoms. The summed E-state index contributed by atoms with van der Waals surface area (Å²) in [6.45, 7) is 10.4. The van der Waals surface area contributed by atoms with E-state index < -0.39 is 11.7 Å².